The Bertz CT molecular complexity index is 192. The topological polar surface area (TPSA) is 46.5 Å². The first-order chi connectivity index (χ1) is 5.03. The van der Waals surface area contributed by atoms with E-state index in [1.165, 1.54) is 0 Å². The number of hydrogen-bond donors (Lipinski definition) is 1. The van der Waals surface area contributed by atoms with Crippen LogP contribution >= 0.6 is 0 Å². The molecule has 0 saturated heterocycles. The summed E-state index contributed by atoms with van der Waals surface area (Å²) in [6, 6.07) is 0. The number of carbonyl (C=O) groups is 1. The van der Waals surface area contributed by atoms with Gasteiger partial charge in [-0.2, -0.15) is 0 Å². The van der Waals surface area contributed by atoms with E-state index in [4.69, 9.17) is 4.74 Å². The molecule has 0 aromatic rings. The summed E-state index contributed by atoms with van der Waals surface area (Å²) in [4.78, 5) is 10.9. The predicted octanol–water partition coefficient (Wildman–Crippen LogP) is 0.978. The van der Waals surface area contributed by atoms with Crippen LogP contribution in [-0.4, -0.2) is 16.9 Å². The number of esters is 1. The third-order valence-electron chi connectivity index (χ3n) is 1.77. The molecule has 0 spiro atoms. The third-order valence-corrected chi connectivity index (χ3v) is 1.77. The van der Waals surface area contributed by atoms with Crippen molar-refractivity contribution >= 4 is 5.97 Å². The van der Waals surface area contributed by atoms with Crippen LogP contribution in [-0.2, 0) is 9.53 Å². The van der Waals surface area contributed by atoms with Crippen molar-refractivity contribution in [3.63, 3.8) is 0 Å². The minimum Gasteiger partial charge on any atom is -0.430 e. The minimum absolute atomic E-state index is 0.324. The number of hydrogen-bond acceptors (Lipinski definition) is 3. The molecule has 0 aliphatic heterocycles. The molecule has 1 fully saturated rings. The molecule has 1 saturated carbocycles. The van der Waals surface area contributed by atoms with E-state index in [-0.39, 0.29) is 0 Å². The zero-order chi connectivity index (χ0) is 8.48. The lowest BCUT2D eigenvalue weighted by molar-refractivity contribution is -0.236. The second-order valence-electron chi connectivity index (χ2n) is 2.97. The fraction of sp³-hybridized carbons (Fsp3) is 0.625. The Morgan fingerprint density at radius 3 is 2.45 bits per heavy atom. The zero-order valence-corrected chi connectivity index (χ0v) is 6.59. The molecule has 62 valence electrons. The first kappa shape index (κ1) is 8.27. The molecule has 1 rings (SSSR count). The Kier molecular flexibility index (Phi) is 2.00. The lowest BCUT2D eigenvalue weighted by Gasteiger charge is -2.35. The van der Waals surface area contributed by atoms with Crippen molar-refractivity contribution in [1.82, 2.24) is 0 Å². The average molecular weight is 156 g/mol. The molecule has 11 heavy (non-hydrogen) atoms. The lowest BCUT2D eigenvalue weighted by Crippen LogP contribution is -2.41. The third kappa shape index (κ3) is 1.80. The molecular formula is C8H12O3. The van der Waals surface area contributed by atoms with Gasteiger partial charge in [0.05, 0.1) is 0 Å². The Hall–Kier alpha value is -0.830. The summed E-state index contributed by atoms with van der Waals surface area (Å²) in [6.07, 6.45) is 2.01. The van der Waals surface area contributed by atoms with Gasteiger partial charge < -0.3 is 9.84 Å². The van der Waals surface area contributed by atoms with E-state index in [1.807, 2.05) is 0 Å². The summed E-state index contributed by atoms with van der Waals surface area (Å²) in [6.45, 7) is 4.97. The number of carbonyl (C=O) groups excluding carboxylic acids is 1. The summed E-state index contributed by atoms with van der Waals surface area (Å²) in [5.41, 5.74) is 0.324. The van der Waals surface area contributed by atoms with E-state index in [9.17, 15) is 9.90 Å². The molecule has 0 amide bonds. The van der Waals surface area contributed by atoms with Crippen molar-refractivity contribution in [3.8, 4) is 0 Å². The van der Waals surface area contributed by atoms with Crippen molar-refractivity contribution in [1.29, 1.82) is 0 Å². The number of rotatable bonds is 2. The number of ether oxygens (including phenoxy) is 1. The van der Waals surface area contributed by atoms with Crippen LogP contribution < -0.4 is 0 Å². The zero-order valence-electron chi connectivity index (χ0n) is 6.59. The molecule has 0 atom stereocenters. The van der Waals surface area contributed by atoms with Gasteiger partial charge in [0.1, 0.15) is 0 Å². The summed E-state index contributed by atoms with van der Waals surface area (Å²) < 4.78 is 4.75. The van der Waals surface area contributed by atoms with Crippen LogP contribution in [0.15, 0.2) is 12.2 Å². The second kappa shape index (κ2) is 2.66. The molecular weight excluding hydrogens is 144 g/mol. The highest BCUT2D eigenvalue weighted by molar-refractivity contribution is 5.87. The van der Waals surface area contributed by atoms with Crippen LogP contribution in [0.1, 0.15) is 26.2 Å². The first-order valence-corrected chi connectivity index (χ1v) is 3.65. The van der Waals surface area contributed by atoms with Crippen LogP contribution in [0.3, 0.4) is 0 Å². The fourth-order valence-electron chi connectivity index (χ4n) is 0.841. The van der Waals surface area contributed by atoms with Crippen molar-refractivity contribution in [2.24, 2.45) is 0 Å². The molecule has 0 radical (unpaired) electrons. The van der Waals surface area contributed by atoms with E-state index in [1.54, 1.807) is 6.92 Å². The standard InChI is InChI=1S/C8H12O3/c1-6(2)7(9)11-8(10)4-3-5-8/h10H,1,3-5H2,2H3. The monoisotopic (exact) mass is 156 g/mol. The average Bonchev–Trinajstić information content (AvgIpc) is 1.84. The van der Waals surface area contributed by atoms with E-state index in [2.05, 4.69) is 6.58 Å². The van der Waals surface area contributed by atoms with Gasteiger partial charge >= 0.3 is 5.97 Å². The van der Waals surface area contributed by atoms with Gasteiger partial charge in [0.25, 0.3) is 0 Å². The van der Waals surface area contributed by atoms with Gasteiger partial charge in [0.2, 0.25) is 5.79 Å². The maximum absolute atomic E-state index is 10.9. The highest BCUT2D eigenvalue weighted by atomic mass is 16.7. The van der Waals surface area contributed by atoms with Gasteiger partial charge in [-0.1, -0.05) is 6.58 Å². The van der Waals surface area contributed by atoms with Gasteiger partial charge in [-0.25, -0.2) is 4.79 Å². The fourth-order valence-corrected chi connectivity index (χ4v) is 0.841. The van der Waals surface area contributed by atoms with Crippen LogP contribution in [0.2, 0.25) is 0 Å². The summed E-state index contributed by atoms with van der Waals surface area (Å²) >= 11 is 0. The predicted molar refractivity (Wildman–Crippen MR) is 39.7 cm³/mol. The Morgan fingerprint density at radius 2 is 2.18 bits per heavy atom. The van der Waals surface area contributed by atoms with E-state index >= 15 is 0 Å². The summed E-state index contributed by atoms with van der Waals surface area (Å²) in [5, 5.41) is 9.35. The van der Waals surface area contributed by atoms with E-state index in [0.717, 1.165) is 6.42 Å². The maximum atomic E-state index is 10.9. The highest BCUT2D eigenvalue weighted by Crippen LogP contribution is 2.33. The summed E-state index contributed by atoms with van der Waals surface area (Å²) in [7, 11) is 0. The number of aliphatic hydroxyl groups is 1. The Labute approximate surface area is 65.7 Å². The molecule has 0 aromatic heterocycles. The highest BCUT2D eigenvalue weighted by Gasteiger charge is 2.38. The molecule has 0 aromatic carbocycles. The molecule has 0 unspecified atom stereocenters. The first-order valence-electron chi connectivity index (χ1n) is 3.65. The maximum Gasteiger partial charge on any atom is 0.335 e. The van der Waals surface area contributed by atoms with Gasteiger partial charge in [-0.05, 0) is 13.3 Å². The molecule has 0 bridgehead atoms. The second-order valence-corrected chi connectivity index (χ2v) is 2.97. The van der Waals surface area contributed by atoms with Crippen LogP contribution in [0.4, 0.5) is 0 Å². The summed E-state index contributed by atoms with van der Waals surface area (Å²) in [5.74, 6) is -1.69. The SMILES string of the molecule is C=C(C)C(=O)OC1(O)CCC1. The van der Waals surface area contributed by atoms with Crippen molar-refractivity contribution < 1.29 is 14.6 Å². The largest absolute Gasteiger partial charge is 0.430 e. The Balaban J connectivity index is 2.41. The minimum atomic E-state index is -1.18. The smallest absolute Gasteiger partial charge is 0.335 e. The quantitative estimate of drug-likeness (QED) is 0.368. The lowest BCUT2D eigenvalue weighted by atomic mass is 9.91. The molecule has 0 heterocycles. The van der Waals surface area contributed by atoms with Crippen LogP contribution in [0.5, 0.6) is 0 Å². The molecule has 1 aliphatic carbocycles. The van der Waals surface area contributed by atoms with Crippen molar-refractivity contribution in [3.05, 3.63) is 12.2 Å². The molecule has 1 aliphatic rings. The molecule has 3 heteroatoms. The van der Waals surface area contributed by atoms with Crippen molar-refractivity contribution in [2.75, 3.05) is 0 Å². The van der Waals surface area contributed by atoms with E-state index < -0.39 is 11.8 Å². The van der Waals surface area contributed by atoms with Gasteiger partial charge in [-0.15, -0.1) is 0 Å². The Morgan fingerprint density at radius 1 is 1.64 bits per heavy atom. The molecule has 1 N–H and O–H groups in total. The van der Waals surface area contributed by atoms with Gasteiger partial charge in [-0.3, -0.25) is 0 Å². The van der Waals surface area contributed by atoms with E-state index in [0.29, 0.717) is 18.4 Å². The van der Waals surface area contributed by atoms with Crippen molar-refractivity contribution in [2.45, 2.75) is 32.0 Å². The van der Waals surface area contributed by atoms with Crippen LogP contribution in [0, 0.1) is 0 Å². The molecule has 3 nitrogen and oxygen atoms in total. The normalized spacial score (nSPS) is 20.2. The van der Waals surface area contributed by atoms with Gasteiger partial charge in [0, 0.05) is 18.4 Å². The van der Waals surface area contributed by atoms with Crippen LogP contribution in [0.25, 0.3) is 0 Å². The van der Waals surface area contributed by atoms with Gasteiger partial charge in [0.15, 0.2) is 0 Å².